The summed E-state index contributed by atoms with van der Waals surface area (Å²) in [5.41, 5.74) is 23.0. The molecule has 2 unspecified atom stereocenters. The van der Waals surface area contributed by atoms with Crippen LogP contribution in [0.25, 0.3) is 56.2 Å². The molecule has 57 heavy (non-hydrogen) atoms. The van der Waals surface area contributed by atoms with E-state index in [2.05, 4.69) is 175 Å². The maximum atomic E-state index is 6.45. The van der Waals surface area contributed by atoms with Crippen LogP contribution in [-0.4, -0.2) is 0 Å². The average molecular weight is 733 g/mol. The van der Waals surface area contributed by atoms with E-state index in [-0.39, 0.29) is 0 Å². The summed E-state index contributed by atoms with van der Waals surface area (Å²) in [4.78, 5) is 0. The van der Waals surface area contributed by atoms with Gasteiger partial charge in [0, 0.05) is 42.2 Å². The van der Waals surface area contributed by atoms with E-state index in [9.17, 15) is 0 Å². The van der Waals surface area contributed by atoms with Gasteiger partial charge in [0.1, 0.15) is 11.5 Å². The standard InChI is InChI=1S/C54H40N2O/c1-33-26-40(35-12-6-3-7-13-35)29-50-52(33)43-23-21-38(34-10-4-2-5-11-34)28-49(43)54(50)47-15-9-8-14-41(47)42-22-20-39(27-48(42)54)36-16-18-37(19-17-36)44-30-56-32-46-45-31-55-25-24-51(45)57-53(44)46/h2-25,27-30,33,55-56H,26,31-32H2,1H3. The Hall–Kier alpha value is -6.84. The van der Waals surface area contributed by atoms with Crippen LogP contribution < -0.4 is 10.6 Å². The summed E-state index contributed by atoms with van der Waals surface area (Å²) >= 11 is 0. The van der Waals surface area contributed by atoms with Crippen LogP contribution in [0, 0.1) is 5.92 Å². The maximum Gasteiger partial charge on any atom is 0.142 e. The Balaban J connectivity index is 1.04. The second-order valence-electron chi connectivity index (χ2n) is 16.1. The number of hydrogen-bond acceptors (Lipinski definition) is 3. The summed E-state index contributed by atoms with van der Waals surface area (Å²) < 4.78 is 6.45. The Kier molecular flexibility index (Phi) is 7.01. The molecule has 3 heteroatoms. The fourth-order valence-electron chi connectivity index (χ4n) is 10.6. The van der Waals surface area contributed by atoms with Crippen LogP contribution in [0.5, 0.6) is 0 Å². The summed E-state index contributed by atoms with van der Waals surface area (Å²) in [6.07, 6.45) is 9.70. The highest BCUT2D eigenvalue weighted by Crippen LogP contribution is 2.65. The Morgan fingerprint density at radius 2 is 1.18 bits per heavy atom. The van der Waals surface area contributed by atoms with Crippen molar-refractivity contribution in [3.8, 4) is 33.4 Å². The molecule has 2 atom stereocenters. The number of benzene rings is 6. The minimum atomic E-state index is -0.456. The third kappa shape index (κ3) is 4.66. The number of furan rings is 1. The number of allylic oxidation sites excluding steroid dienone is 4. The molecular formula is C54H40N2O. The first-order valence-corrected chi connectivity index (χ1v) is 20.2. The zero-order valence-electron chi connectivity index (χ0n) is 31.8. The Bertz CT molecular complexity index is 2920. The third-order valence-electron chi connectivity index (χ3n) is 13.1. The van der Waals surface area contributed by atoms with E-state index in [1.54, 1.807) is 0 Å². The van der Waals surface area contributed by atoms with Gasteiger partial charge in [-0.3, -0.25) is 0 Å². The molecule has 3 nitrogen and oxygen atoms in total. The quantitative estimate of drug-likeness (QED) is 0.189. The summed E-state index contributed by atoms with van der Waals surface area (Å²) in [7, 11) is 0. The molecule has 3 aliphatic carbocycles. The largest absolute Gasteiger partial charge is 0.456 e. The van der Waals surface area contributed by atoms with Gasteiger partial charge >= 0.3 is 0 Å². The molecule has 2 aliphatic heterocycles. The predicted molar refractivity (Wildman–Crippen MR) is 233 cm³/mol. The molecule has 1 aromatic heterocycles. The van der Waals surface area contributed by atoms with Gasteiger partial charge in [0.15, 0.2) is 0 Å². The predicted octanol–water partition coefficient (Wildman–Crippen LogP) is 12.4. The molecule has 7 aromatic rings. The number of rotatable bonds is 4. The van der Waals surface area contributed by atoms with Gasteiger partial charge in [-0.15, -0.1) is 0 Å². The van der Waals surface area contributed by atoms with Crippen molar-refractivity contribution in [2.75, 3.05) is 0 Å². The van der Waals surface area contributed by atoms with Crippen molar-refractivity contribution in [1.29, 1.82) is 0 Å². The van der Waals surface area contributed by atoms with Crippen LogP contribution in [0.3, 0.4) is 0 Å². The summed E-state index contributed by atoms with van der Waals surface area (Å²) in [6, 6.07) is 54.6. The van der Waals surface area contributed by atoms with Gasteiger partial charge in [0.05, 0.1) is 5.41 Å². The average Bonchev–Trinajstić information content (AvgIpc) is 3.91. The van der Waals surface area contributed by atoms with E-state index >= 15 is 0 Å². The van der Waals surface area contributed by atoms with Crippen molar-refractivity contribution < 1.29 is 4.42 Å². The van der Waals surface area contributed by atoms with Gasteiger partial charge in [-0.1, -0.05) is 146 Å². The van der Waals surface area contributed by atoms with Crippen LogP contribution in [0.15, 0.2) is 174 Å². The second kappa shape index (κ2) is 12.3. The minimum Gasteiger partial charge on any atom is -0.456 e. The Labute approximate surface area is 333 Å². The van der Waals surface area contributed by atoms with E-state index in [0.717, 1.165) is 42.2 Å². The lowest BCUT2D eigenvalue weighted by Gasteiger charge is -2.34. The number of fused-ring (bicyclic) bond motifs is 12. The fourth-order valence-corrected chi connectivity index (χ4v) is 10.6. The van der Waals surface area contributed by atoms with Gasteiger partial charge in [-0.05, 0) is 114 Å². The molecule has 3 heterocycles. The molecule has 272 valence electrons. The zero-order valence-corrected chi connectivity index (χ0v) is 31.8. The van der Waals surface area contributed by atoms with Crippen molar-refractivity contribution in [2.24, 2.45) is 5.92 Å². The van der Waals surface area contributed by atoms with Crippen molar-refractivity contribution in [1.82, 2.24) is 10.6 Å². The van der Waals surface area contributed by atoms with E-state index < -0.39 is 5.41 Å². The lowest BCUT2D eigenvalue weighted by molar-refractivity contribution is 0.531. The summed E-state index contributed by atoms with van der Waals surface area (Å²) in [5.74, 6) is 2.29. The molecule has 0 amide bonds. The first kappa shape index (κ1) is 32.4. The first-order chi connectivity index (χ1) is 28.2. The van der Waals surface area contributed by atoms with Gasteiger partial charge in [-0.25, -0.2) is 0 Å². The van der Waals surface area contributed by atoms with Gasteiger partial charge in [0.2, 0.25) is 0 Å². The topological polar surface area (TPSA) is 37.2 Å². The second-order valence-corrected chi connectivity index (χ2v) is 16.1. The lowest BCUT2D eigenvalue weighted by Crippen LogP contribution is -2.27. The van der Waals surface area contributed by atoms with Gasteiger partial charge in [-0.2, -0.15) is 0 Å². The zero-order chi connectivity index (χ0) is 37.7. The van der Waals surface area contributed by atoms with Crippen molar-refractivity contribution in [3.05, 3.63) is 226 Å². The van der Waals surface area contributed by atoms with E-state index in [1.165, 1.54) is 89.0 Å². The fraction of sp³-hybridized carbons (Fsp3) is 0.111. The third-order valence-corrected chi connectivity index (χ3v) is 13.1. The highest BCUT2D eigenvalue weighted by Gasteiger charge is 2.54. The molecule has 6 aromatic carbocycles. The SMILES string of the molecule is CC1CC(c2ccccc2)=CC2=C1c1ccc(-c3ccccc3)cc1C21c2ccccc2-c2ccc(-c3ccc(C4=CNCc5c4oc4c5CNC=C4)cc3)cc21. The molecule has 0 radical (unpaired) electrons. The number of hydrogen-bond donors (Lipinski definition) is 2. The van der Waals surface area contributed by atoms with Crippen molar-refractivity contribution in [3.63, 3.8) is 0 Å². The summed E-state index contributed by atoms with van der Waals surface area (Å²) in [5, 5.41) is 6.86. The molecular weight excluding hydrogens is 693 g/mol. The van der Waals surface area contributed by atoms with E-state index in [1.807, 2.05) is 12.3 Å². The molecule has 0 saturated carbocycles. The molecule has 0 bridgehead atoms. The summed E-state index contributed by atoms with van der Waals surface area (Å²) in [6.45, 7) is 4.01. The van der Waals surface area contributed by atoms with Gasteiger partial charge in [0.25, 0.3) is 0 Å². The monoisotopic (exact) mass is 732 g/mol. The lowest BCUT2D eigenvalue weighted by atomic mass is 9.67. The minimum absolute atomic E-state index is 0.365. The van der Waals surface area contributed by atoms with Crippen LogP contribution in [0.1, 0.15) is 69.4 Å². The normalized spacial score (nSPS) is 19.4. The molecule has 5 aliphatic rings. The molecule has 0 fully saturated rings. The Morgan fingerprint density at radius 3 is 1.96 bits per heavy atom. The maximum absolute atomic E-state index is 6.45. The van der Waals surface area contributed by atoms with Gasteiger partial charge < -0.3 is 15.1 Å². The molecule has 1 spiro atoms. The molecule has 2 N–H and O–H groups in total. The van der Waals surface area contributed by atoms with Crippen molar-refractivity contribution in [2.45, 2.75) is 31.8 Å². The number of nitrogens with one attached hydrogen (secondary N) is 2. The van der Waals surface area contributed by atoms with E-state index in [0.29, 0.717) is 5.92 Å². The molecule has 0 saturated heterocycles. The van der Waals surface area contributed by atoms with Crippen molar-refractivity contribution >= 4 is 22.8 Å². The van der Waals surface area contributed by atoms with E-state index in [4.69, 9.17) is 4.42 Å². The van der Waals surface area contributed by atoms with Crippen LogP contribution in [-0.2, 0) is 18.5 Å². The highest BCUT2D eigenvalue weighted by atomic mass is 16.3. The Morgan fingerprint density at radius 1 is 0.561 bits per heavy atom. The van der Waals surface area contributed by atoms with Crippen LogP contribution >= 0.6 is 0 Å². The van der Waals surface area contributed by atoms with Crippen LogP contribution in [0.4, 0.5) is 0 Å². The smallest absolute Gasteiger partial charge is 0.142 e. The van der Waals surface area contributed by atoms with Crippen LogP contribution in [0.2, 0.25) is 0 Å². The molecule has 12 rings (SSSR count). The highest BCUT2D eigenvalue weighted by molar-refractivity contribution is 6.00. The first-order valence-electron chi connectivity index (χ1n) is 20.2.